The van der Waals surface area contributed by atoms with E-state index in [0.29, 0.717) is 5.56 Å². The predicted octanol–water partition coefficient (Wildman–Crippen LogP) is 0.621. The molecule has 0 saturated carbocycles. The number of benzene rings is 1. The molecule has 102 valence electrons. The van der Waals surface area contributed by atoms with E-state index in [1.165, 1.54) is 24.8 Å². The summed E-state index contributed by atoms with van der Waals surface area (Å²) in [7, 11) is -3.79. The van der Waals surface area contributed by atoms with Crippen LogP contribution in [-0.2, 0) is 10.0 Å². The van der Waals surface area contributed by atoms with Crippen LogP contribution in [0.3, 0.4) is 0 Å². The van der Waals surface area contributed by atoms with E-state index >= 15 is 0 Å². The maximum Gasteiger partial charge on any atom is 0.263 e. The molecule has 0 saturated heterocycles. The highest BCUT2D eigenvalue weighted by Crippen LogP contribution is 2.18. The Morgan fingerprint density at radius 2 is 1.90 bits per heavy atom. The lowest BCUT2D eigenvalue weighted by Gasteiger charge is -2.08. The van der Waals surface area contributed by atoms with Crippen molar-refractivity contribution in [3.05, 3.63) is 48.5 Å². The third-order valence-corrected chi connectivity index (χ3v) is 3.73. The summed E-state index contributed by atoms with van der Waals surface area (Å²) >= 11 is 0. The molecule has 20 heavy (non-hydrogen) atoms. The highest BCUT2D eigenvalue weighted by atomic mass is 32.2. The first kappa shape index (κ1) is 14.0. The quantitative estimate of drug-likeness (QED) is 0.808. The third kappa shape index (κ3) is 3.32. The van der Waals surface area contributed by atoms with E-state index in [-0.39, 0.29) is 17.2 Å². The number of hydrogen-bond acceptors (Lipinski definition) is 5. The van der Waals surface area contributed by atoms with Crippen LogP contribution < -0.4 is 4.72 Å². The highest BCUT2D eigenvalue weighted by molar-refractivity contribution is 7.92. The average Bonchev–Trinajstić information content (AvgIpc) is 2.46. The number of nitrogens with zero attached hydrogens (tertiary/aromatic N) is 2. The fourth-order valence-corrected chi connectivity index (χ4v) is 2.69. The molecule has 0 bridgehead atoms. The molecule has 0 atom stereocenters. The number of aromatic nitrogens is 2. The molecule has 1 aromatic carbocycles. The van der Waals surface area contributed by atoms with Crippen LogP contribution in [0.2, 0.25) is 0 Å². The minimum Gasteiger partial charge on any atom is -0.384 e. The third-order valence-electron chi connectivity index (χ3n) is 2.29. The summed E-state index contributed by atoms with van der Waals surface area (Å²) < 4.78 is 26.9. The summed E-state index contributed by atoms with van der Waals surface area (Å²) in [5.41, 5.74) is 0.573. The summed E-state index contributed by atoms with van der Waals surface area (Å²) in [4.78, 5) is 7.50. The van der Waals surface area contributed by atoms with Crippen molar-refractivity contribution in [1.82, 2.24) is 9.97 Å². The van der Waals surface area contributed by atoms with Crippen LogP contribution in [-0.4, -0.2) is 30.1 Å². The number of anilines is 1. The van der Waals surface area contributed by atoms with Gasteiger partial charge in [0.25, 0.3) is 10.0 Å². The van der Waals surface area contributed by atoms with Crippen molar-refractivity contribution in [2.24, 2.45) is 0 Å². The second kappa shape index (κ2) is 6.14. The largest absolute Gasteiger partial charge is 0.384 e. The number of sulfonamides is 1. The molecule has 0 aliphatic rings. The number of rotatable bonds is 3. The summed E-state index contributed by atoms with van der Waals surface area (Å²) in [6.07, 6.45) is 4.01. The van der Waals surface area contributed by atoms with Gasteiger partial charge in [-0.1, -0.05) is 24.0 Å². The van der Waals surface area contributed by atoms with E-state index < -0.39 is 10.0 Å². The van der Waals surface area contributed by atoms with Crippen molar-refractivity contribution < 1.29 is 13.5 Å². The van der Waals surface area contributed by atoms with Gasteiger partial charge < -0.3 is 5.11 Å². The monoisotopic (exact) mass is 289 g/mol. The van der Waals surface area contributed by atoms with Gasteiger partial charge in [0.2, 0.25) is 0 Å². The maximum absolute atomic E-state index is 12.3. The van der Waals surface area contributed by atoms with Crippen LogP contribution in [0.15, 0.2) is 47.9 Å². The van der Waals surface area contributed by atoms with Crippen molar-refractivity contribution in [1.29, 1.82) is 0 Å². The molecule has 2 rings (SSSR count). The number of nitrogens with one attached hydrogen (secondary N) is 1. The zero-order chi connectivity index (χ0) is 14.4. The van der Waals surface area contributed by atoms with Crippen LogP contribution in [0.25, 0.3) is 0 Å². The fourth-order valence-electron chi connectivity index (χ4n) is 1.50. The van der Waals surface area contributed by atoms with Crippen LogP contribution in [0, 0.1) is 11.8 Å². The lowest BCUT2D eigenvalue weighted by Crippen LogP contribution is -2.14. The molecule has 1 heterocycles. The first-order chi connectivity index (χ1) is 9.63. The topological polar surface area (TPSA) is 92.2 Å². The van der Waals surface area contributed by atoms with Crippen LogP contribution in [0.4, 0.5) is 5.69 Å². The zero-order valence-corrected chi connectivity index (χ0v) is 11.1. The molecule has 0 aliphatic heterocycles. The smallest absolute Gasteiger partial charge is 0.263 e. The van der Waals surface area contributed by atoms with Gasteiger partial charge in [-0.15, -0.1) is 0 Å². The van der Waals surface area contributed by atoms with E-state index in [1.54, 1.807) is 18.2 Å². The summed E-state index contributed by atoms with van der Waals surface area (Å²) in [6.45, 7) is -0.339. The van der Waals surface area contributed by atoms with E-state index in [9.17, 15) is 8.42 Å². The summed E-state index contributed by atoms with van der Waals surface area (Å²) in [5, 5.41) is 8.70. The Balaban J connectivity index is 2.40. The summed E-state index contributed by atoms with van der Waals surface area (Å²) in [6, 6.07) is 6.28. The molecule has 6 nitrogen and oxygen atoms in total. The maximum atomic E-state index is 12.3. The Bertz CT molecular complexity index is 749. The number of aliphatic hydroxyl groups excluding tert-OH is 1. The molecule has 2 N–H and O–H groups in total. The minimum absolute atomic E-state index is 0.0322. The molecule has 2 aromatic rings. The second-order valence-electron chi connectivity index (χ2n) is 3.69. The standard InChI is InChI=1S/C13H11N3O3S/c17-7-3-5-11-4-1-2-6-13(11)20(18,19)16-12-8-14-10-15-9-12/h1-2,4,6,8-10,16-17H,7H2. The second-order valence-corrected chi connectivity index (χ2v) is 5.34. The van der Waals surface area contributed by atoms with Gasteiger partial charge in [-0.25, -0.2) is 18.4 Å². The fraction of sp³-hybridized carbons (Fsp3) is 0.0769. The molecule has 1 aromatic heterocycles. The molecule has 0 radical (unpaired) electrons. The Kier molecular flexibility index (Phi) is 4.30. The summed E-state index contributed by atoms with van der Waals surface area (Å²) in [5.74, 6) is 5.03. The molecular weight excluding hydrogens is 278 g/mol. The van der Waals surface area contributed by atoms with Gasteiger partial charge >= 0.3 is 0 Å². The Labute approximate surface area is 116 Å². The number of aliphatic hydroxyl groups is 1. The van der Waals surface area contributed by atoms with E-state index in [4.69, 9.17) is 5.11 Å². The van der Waals surface area contributed by atoms with Crippen molar-refractivity contribution in [3.8, 4) is 11.8 Å². The van der Waals surface area contributed by atoms with Gasteiger partial charge in [0.1, 0.15) is 17.8 Å². The lowest BCUT2D eigenvalue weighted by molar-refractivity contribution is 0.350. The van der Waals surface area contributed by atoms with Crippen molar-refractivity contribution in [2.45, 2.75) is 4.90 Å². The number of hydrogen-bond donors (Lipinski definition) is 2. The molecule has 0 amide bonds. The first-order valence-corrected chi connectivity index (χ1v) is 7.08. The molecule has 0 unspecified atom stereocenters. The highest BCUT2D eigenvalue weighted by Gasteiger charge is 2.17. The predicted molar refractivity (Wildman–Crippen MR) is 73.2 cm³/mol. The molecule has 0 spiro atoms. The Morgan fingerprint density at radius 3 is 2.60 bits per heavy atom. The van der Waals surface area contributed by atoms with Crippen LogP contribution >= 0.6 is 0 Å². The van der Waals surface area contributed by atoms with Crippen LogP contribution in [0.1, 0.15) is 5.56 Å². The van der Waals surface area contributed by atoms with Crippen LogP contribution in [0.5, 0.6) is 0 Å². The Morgan fingerprint density at radius 1 is 1.20 bits per heavy atom. The van der Waals surface area contributed by atoms with E-state index in [0.717, 1.165) is 0 Å². The molecular formula is C13H11N3O3S. The molecule has 0 aliphatic carbocycles. The normalized spacial score (nSPS) is 10.4. The van der Waals surface area contributed by atoms with Crippen molar-refractivity contribution in [3.63, 3.8) is 0 Å². The lowest BCUT2D eigenvalue weighted by atomic mass is 10.2. The average molecular weight is 289 g/mol. The zero-order valence-electron chi connectivity index (χ0n) is 10.3. The Hall–Kier alpha value is -2.43. The van der Waals surface area contributed by atoms with Gasteiger partial charge in [-0.3, -0.25) is 4.72 Å². The van der Waals surface area contributed by atoms with E-state index in [1.807, 2.05) is 0 Å². The van der Waals surface area contributed by atoms with Gasteiger partial charge in [0.15, 0.2) is 0 Å². The SMILES string of the molecule is O=S(=O)(Nc1cncnc1)c1ccccc1C#CCO. The van der Waals surface area contributed by atoms with E-state index in [2.05, 4.69) is 26.5 Å². The van der Waals surface area contributed by atoms with Crippen molar-refractivity contribution in [2.75, 3.05) is 11.3 Å². The molecule has 7 heteroatoms. The first-order valence-electron chi connectivity index (χ1n) is 5.60. The van der Waals surface area contributed by atoms with Crippen molar-refractivity contribution >= 4 is 15.7 Å². The molecule has 0 fully saturated rings. The van der Waals surface area contributed by atoms with Gasteiger partial charge in [-0.2, -0.15) is 0 Å². The van der Waals surface area contributed by atoms with Gasteiger partial charge in [0.05, 0.1) is 18.1 Å². The van der Waals surface area contributed by atoms with Gasteiger partial charge in [-0.05, 0) is 12.1 Å². The minimum atomic E-state index is -3.79. The van der Waals surface area contributed by atoms with Gasteiger partial charge in [0, 0.05) is 5.56 Å².